The molecule has 0 aliphatic heterocycles. The Morgan fingerprint density at radius 3 is 1.91 bits per heavy atom. The molecule has 0 bridgehead atoms. The van der Waals surface area contributed by atoms with Crippen LogP contribution >= 0.6 is 0 Å². The molecule has 0 aromatic heterocycles. The molecule has 0 radical (unpaired) electrons. The van der Waals surface area contributed by atoms with Crippen LogP contribution in [0.2, 0.25) is 0 Å². The van der Waals surface area contributed by atoms with Crippen LogP contribution in [0.25, 0.3) is 0 Å². The minimum atomic E-state index is -0.392. The average Bonchev–Trinajstić information content (AvgIpc) is 2.40. The van der Waals surface area contributed by atoms with Gasteiger partial charge in [0.15, 0.2) is 0 Å². The summed E-state index contributed by atoms with van der Waals surface area (Å²) >= 11 is 0. The Morgan fingerprint density at radius 1 is 0.818 bits per heavy atom. The Hall–Kier alpha value is -0.980. The van der Waals surface area contributed by atoms with E-state index in [1.807, 2.05) is 12.1 Å². The minimum Gasteiger partial charge on any atom is -0.393 e. The van der Waals surface area contributed by atoms with Crippen LogP contribution in [-0.2, 0) is 19.5 Å². The molecular formula is C17H30N2O3. The first-order chi connectivity index (χ1) is 10.4. The second-order valence-electron chi connectivity index (χ2n) is 6.07. The van der Waals surface area contributed by atoms with E-state index in [4.69, 9.17) is 0 Å². The number of nitrogens with one attached hydrogen (secondary N) is 2. The number of hydrogen-bond acceptors (Lipinski definition) is 5. The first kappa shape index (κ1) is 19.1. The van der Waals surface area contributed by atoms with Gasteiger partial charge in [-0.1, -0.05) is 18.2 Å². The Bertz CT molecular complexity index is 434. The molecule has 0 aliphatic carbocycles. The van der Waals surface area contributed by atoms with Crippen molar-refractivity contribution in [2.24, 2.45) is 0 Å². The lowest BCUT2D eigenvalue weighted by Gasteiger charge is -2.18. The zero-order valence-corrected chi connectivity index (χ0v) is 13.8. The number of hydrogen-bond donors (Lipinski definition) is 5. The highest BCUT2D eigenvalue weighted by Crippen LogP contribution is 2.17. The van der Waals surface area contributed by atoms with E-state index in [1.54, 1.807) is 20.8 Å². The standard InChI is InChI=1S/C17H30N2O3/c1-12(20)7-15-5-4-6-16(10-18-8-13(2)21)17(15)11-19-9-14(3)22/h4-6,12-14,18-22H,7-11H2,1-3H3. The SMILES string of the molecule is CC(O)CNCc1cccc(CC(C)O)c1CNCC(C)O. The number of aliphatic hydroxyl groups excluding tert-OH is 3. The third-order valence-electron chi connectivity index (χ3n) is 3.38. The minimum absolute atomic E-state index is 0.377. The maximum atomic E-state index is 9.67. The summed E-state index contributed by atoms with van der Waals surface area (Å²) in [5.41, 5.74) is 3.42. The lowest BCUT2D eigenvalue weighted by atomic mass is 9.96. The Labute approximate surface area is 133 Å². The van der Waals surface area contributed by atoms with Crippen LogP contribution in [0.3, 0.4) is 0 Å². The zero-order chi connectivity index (χ0) is 16.5. The van der Waals surface area contributed by atoms with Gasteiger partial charge in [0.1, 0.15) is 0 Å². The molecule has 0 saturated heterocycles. The highest BCUT2D eigenvalue weighted by atomic mass is 16.3. The van der Waals surface area contributed by atoms with Crippen molar-refractivity contribution < 1.29 is 15.3 Å². The van der Waals surface area contributed by atoms with Crippen LogP contribution in [-0.4, -0.2) is 46.7 Å². The molecule has 5 nitrogen and oxygen atoms in total. The molecular weight excluding hydrogens is 280 g/mol. The second-order valence-corrected chi connectivity index (χ2v) is 6.07. The number of rotatable bonds is 10. The summed E-state index contributed by atoms with van der Waals surface area (Å²) in [6.07, 6.45) is -0.551. The fraction of sp³-hybridized carbons (Fsp3) is 0.647. The molecule has 0 spiro atoms. The van der Waals surface area contributed by atoms with Crippen molar-refractivity contribution in [3.8, 4) is 0 Å². The van der Waals surface area contributed by atoms with Crippen molar-refractivity contribution in [2.45, 2.75) is 58.6 Å². The van der Waals surface area contributed by atoms with E-state index >= 15 is 0 Å². The van der Waals surface area contributed by atoms with Gasteiger partial charge in [-0.15, -0.1) is 0 Å². The molecule has 5 N–H and O–H groups in total. The maximum absolute atomic E-state index is 9.67. The maximum Gasteiger partial charge on any atom is 0.0636 e. The number of benzene rings is 1. The van der Waals surface area contributed by atoms with Crippen LogP contribution in [0.5, 0.6) is 0 Å². The molecule has 1 aromatic rings. The fourth-order valence-electron chi connectivity index (χ4n) is 2.41. The molecule has 0 aliphatic rings. The summed E-state index contributed by atoms with van der Waals surface area (Å²) in [6.45, 7) is 7.68. The van der Waals surface area contributed by atoms with Gasteiger partial charge in [0, 0.05) is 26.2 Å². The Morgan fingerprint density at radius 2 is 1.36 bits per heavy atom. The summed E-state index contributed by atoms with van der Waals surface area (Å²) < 4.78 is 0. The van der Waals surface area contributed by atoms with Crippen LogP contribution in [0.15, 0.2) is 18.2 Å². The van der Waals surface area contributed by atoms with E-state index in [0.717, 1.165) is 16.7 Å². The third kappa shape index (κ3) is 7.33. The van der Waals surface area contributed by atoms with Gasteiger partial charge in [0.25, 0.3) is 0 Å². The zero-order valence-electron chi connectivity index (χ0n) is 13.8. The molecule has 1 rings (SSSR count). The summed E-state index contributed by atoms with van der Waals surface area (Å²) in [4.78, 5) is 0. The van der Waals surface area contributed by atoms with Crippen molar-refractivity contribution >= 4 is 0 Å². The highest BCUT2D eigenvalue weighted by Gasteiger charge is 2.11. The average molecular weight is 310 g/mol. The van der Waals surface area contributed by atoms with Gasteiger partial charge >= 0.3 is 0 Å². The van der Waals surface area contributed by atoms with E-state index in [1.165, 1.54) is 0 Å². The molecule has 0 amide bonds. The molecule has 0 saturated carbocycles. The Kier molecular flexibility index (Phi) is 8.60. The smallest absolute Gasteiger partial charge is 0.0636 e. The lowest BCUT2D eigenvalue weighted by molar-refractivity contribution is 0.189. The first-order valence-electron chi connectivity index (χ1n) is 7.95. The molecule has 126 valence electrons. The highest BCUT2D eigenvalue weighted by molar-refractivity contribution is 5.36. The van der Waals surface area contributed by atoms with Crippen LogP contribution < -0.4 is 10.6 Å². The predicted octanol–water partition coefficient (Wildman–Crippen LogP) is 0.551. The topological polar surface area (TPSA) is 84.8 Å². The predicted molar refractivity (Wildman–Crippen MR) is 88.6 cm³/mol. The molecule has 5 heteroatoms. The van der Waals surface area contributed by atoms with Crippen molar-refractivity contribution in [3.63, 3.8) is 0 Å². The molecule has 1 aromatic carbocycles. The largest absolute Gasteiger partial charge is 0.393 e. The molecule has 3 unspecified atom stereocenters. The van der Waals surface area contributed by atoms with E-state index in [-0.39, 0.29) is 12.2 Å². The summed E-state index contributed by atoms with van der Waals surface area (Å²) in [5.74, 6) is 0. The van der Waals surface area contributed by atoms with Crippen molar-refractivity contribution in [2.75, 3.05) is 13.1 Å². The van der Waals surface area contributed by atoms with Gasteiger partial charge in [-0.2, -0.15) is 0 Å². The van der Waals surface area contributed by atoms with Gasteiger partial charge in [-0.3, -0.25) is 0 Å². The summed E-state index contributed by atoms with van der Waals surface area (Å²) in [6, 6.07) is 6.08. The van der Waals surface area contributed by atoms with Crippen LogP contribution in [0.4, 0.5) is 0 Å². The Balaban J connectivity index is 2.82. The van der Waals surface area contributed by atoms with Crippen LogP contribution in [0.1, 0.15) is 37.5 Å². The van der Waals surface area contributed by atoms with Gasteiger partial charge in [0.05, 0.1) is 18.3 Å². The third-order valence-corrected chi connectivity index (χ3v) is 3.38. The summed E-state index contributed by atoms with van der Waals surface area (Å²) in [7, 11) is 0. The van der Waals surface area contributed by atoms with Crippen molar-refractivity contribution in [1.29, 1.82) is 0 Å². The van der Waals surface area contributed by atoms with Gasteiger partial charge in [0.2, 0.25) is 0 Å². The van der Waals surface area contributed by atoms with E-state index in [0.29, 0.717) is 32.6 Å². The van der Waals surface area contributed by atoms with E-state index in [9.17, 15) is 15.3 Å². The summed E-state index contributed by atoms with van der Waals surface area (Å²) in [5, 5.41) is 34.9. The monoisotopic (exact) mass is 310 g/mol. The van der Waals surface area contributed by atoms with Gasteiger partial charge in [-0.05, 0) is 43.9 Å². The van der Waals surface area contributed by atoms with E-state index < -0.39 is 6.10 Å². The van der Waals surface area contributed by atoms with Crippen molar-refractivity contribution in [1.82, 2.24) is 10.6 Å². The quantitative estimate of drug-likeness (QED) is 0.436. The lowest BCUT2D eigenvalue weighted by Crippen LogP contribution is -2.27. The molecule has 22 heavy (non-hydrogen) atoms. The normalized spacial score (nSPS) is 15.5. The van der Waals surface area contributed by atoms with Gasteiger partial charge in [-0.25, -0.2) is 0 Å². The second kappa shape index (κ2) is 9.92. The van der Waals surface area contributed by atoms with Gasteiger partial charge < -0.3 is 26.0 Å². The van der Waals surface area contributed by atoms with E-state index in [2.05, 4.69) is 16.7 Å². The number of aliphatic hydroxyl groups is 3. The molecule has 3 atom stereocenters. The molecule has 0 fully saturated rings. The van der Waals surface area contributed by atoms with Crippen LogP contribution in [0, 0.1) is 0 Å². The fourth-order valence-corrected chi connectivity index (χ4v) is 2.41. The van der Waals surface area contributed by atoms with Crippen molar-refractivity contribution in [3.05, 3.63) is 34.9 Å². The molecule has 0 heterocycles. The first-order valence-corrected chi connectivity index (χ1v) is 7.95.